The van der Waals surface area contributed by atoms with E-state index in [4.69, 9.17) is 0 Å². The minimum Gasteiger partial charge on any atom is -0.372 e. The molecular formula is C22H44N4+2. The number of anilines is 2. The van der Waals surface area contributed by atoms with Crippen LogP contribution < -0.4 is 9.80 Å². The third-order valence-corrected chi connectivity index (χ3v) is 4.86. The number of benzene rings is 1. The standard InChI is InChI=1S/C22H44N4/c1-9-23(10-2)21-13-15-22(16-14-21)24(17-11-19-25(3,4)5)18-12-20-26(6,7)8/h13-16H,9-12,17-20H2,1-8H3/q+2. The fourth-order valence-corrected chi connectivity index (χ4v) is 3.30. The second-order valence-electron chi connectivity index (χ2n) is 9.41. The molecule has 0 spiro atoms. The summed E-state index contributed by atoms with van der Waals surface area (Å²) in [6.07, 6.45) is 2.46. The van der Waals surface area contributed by atoms with Crippen molar-refractivity contribution in [3.8, 4) is 0 Å². The van der Waals surface area contributed by atoms with Crippen molar-refractivity contribution in [1.29, 1.82) is 0 Å². The summed E-state index contributed by atoms with van der Waals surface area (Å²) in [5.41, 5.74) is 2.69. The molecule has 1 aromatic rings. The number of hydrogen-bond acceptors (Lipinski definition) is 2. The zero-order chi connectivity index (χ0) is 19.8. The van der Waals surface area contributed by atoms with E-state index in [1.807, 2.05) is 0 Å². The Hall–Kier alpha value is -1.26. The Labute approximate surface area is 163 Å². The summed E-state index contributed by atoms with van der Waals surface area (Å²) < 4.78 is 2.07. The summed E-state index contributed by atoms with van der Waals surface area (Å²) in [6, 6.07) is 9.20. The highest BCUT2D eigenvalue weighted by Gasteiger charge is 2.13. The molecule has 0 bridgehead atoms. The number of rotatable bonds is 12. The Balaban J connectivity index is 2.78. The molecule has 0 radical (unpaired) electrons. The smallest absolute Gasteiger partial charge is 0.0797 e. The maximum atomic E-state index is 2.58. The first kappa shape index (κ1) is 22.8. The van der Waals surface area contributed by atoms with E-state index >= 15 is 0 Å². The highest BCUT2D eigenvalue weighted by Crippen LogP contribution is 2.21. The van der Waals surface area contributed by atoms with Crippen LogP contribution in [0.15, 0.2) is 24.3 Å². The normalized spacial score (nSPS) is 12.3. The number of quaternary nitrogens is 2. The molecule has 0 unspecified atom stereocenters. The quantitative estimate of drug-likeness (QED) is 0.524. The molecule has 0 aliphatic carbocycles. The van der Waals surface area contributed by atoms with E-state index in [0.29, 0.717) is 0 Å². The molecule has 1 aromatic carbocycles. The lowest BCUT2D eigenvalue weighted by atomic mass is 10.2. The van der Waals surface area contributed by atoms with E-state index in [-0.39, 0.29) is 0 Å². The molecule has 0 amide bonds. The molecule has 4 heteroatoms. The monoisotopic (exact) mass is 364 g/mol. The van der Waals surface area contributed by atoms with Gasteiger partial charge >= 0.3 is 0 Å². The summed E-state index contributed by atoms with van der Waals surface area (Å²) in [4.78, 5) is 4.99. The lowest BCUT2D eigenvalue weighted by molar-refractivity contribution is -0.870. The molecule has 0 aliphatic rings. The molecule has 0 fully saturated rings. The van der Waals surface area contributed by atoms with Crippen molar-refractivity contribution in [3.05, 3.63) is 24.3 Å². The van der Waals surface area contributed by atoms with Gasteiger partial charge in [-0.1, -0.05) is 0 Å². The van der Waals surface area contributed by atoms with Crippen molar-refractivity contribution >= 4 is 11.4 Å². The summed E-state index contributed by atoms with van der Waals surface area (Å²) >= 11 is 0. The molecule has 0 aromatic heterocycles. The number of nitrogens with zero attached hydrogens (tertiary/aromatic N) is 4. The molecule has 0 N–H and O–H groups in total. The lowest BCUT2D eigenvalue weighted by Crippen LogP contribution is -2.39. The van der Waals surface area contributed by atoms with Crippen molar-refractivity contribution in [3.63, 3.8) is 0 Å². The van der Waals surface area contributed by atoms with Gasteiger partial charge in [0, 0.05) is 50.4 Å². The van der Waals surface area contributed by atoms with Crippen LogP contribution in [0.5, 0.6) is 0 Å². The Bertz CT molecular complexity index is 472. The van der Waals surface area contributed by atoms with Gasteiger partial charge in [-0.05, 0) is 38.1 Å². The van der Waals surface area contributed by atoms with Gasteiger partial charge in [-0.15, -0.1) is 0 Å². The van der Waals surface area contributed by atoms with Gasteiger partial charge < -0.3 is 18.8 Å². The van der Waals surface area contributed by atoms with Gasteiger partial charge in [-0.25, -0.2) is 0 Å². The van der Waals surface area contributed by atoms with Crippen molar-refractivity contribution in [2.75, 3.05) is 91.4 Å². The zero-order valence-electron chi connectivity index (χ0n) is 18.8. The van der Waals surface area contributed by atoms with Crippen LogP contribution in [0.3, 0.4) is 0 Å². The first-order valence-corrected chi connectivity index (χ1v) is 10.3. The van der Waals surface area contributed by atoms with Gasteiger partial charge in [0.2, 0.25) is 0 Å². The van der Waals surface area contributed by atoms with Gasteiger partial charge in [-0.3, -0.25) is 0 Å². The second-order valence-corrected chi connectivity index (χ2v) is 9.41. The molecule has 0 saturated heterocycles. The molecule has 1 rings (SSSR count). The van der Waals surface area contributed by atoms with Crippen LogP contribution in [0.4, 0.5) is 11.4 Å². The third-order valence-electron chi connectivity index (χ3n) is 4.86. The van der Waals surface area contributed by atoms with E-state index in [1.165, 1.54) is 37.3 Å². The Morgan fingerprint density at radius 2 is 0.962 bits per heavy atom. The van der Waals surface area contributed by atoms with E-state index in [9.17, 15) is 0 Å². The van der Waals surface area contributed by atoms with E-state index in [2.05, 4.69) is 90.2 Å². The zero-order valence-corrected chi connectivity index (χ0v) is 18.8. The predicted octanol–water partition coefficient (Wildman–Crippen LogP) is 3.53. The minimum absolute atomic E-state index is 1.04. The van der Waals surface area contributed by atoms with Gasteiger partial charge in [0.05, 0.1) is 55.4 Å². The van der Waals surface area contributed by atoms with Gasteiger partial charge in [0.1, 0.15) is 0 Å². The summed E-state index contributed by atoms with van der Waals surface area (Å²) in [5, 5.41) is 0. The fraction of sp³-hybridized carbons (Fsp3) is 0.727. The topological polar surface area (TPSA) is 6.48 Å². The Morgan fingerprint density at radius 1 is 0.615 bits per heavy atom. The molecule has 0 atom stereocenters. The van der Waals surface area contributed by atoms with Gasteiger partial charge in [-0.2, -0.15) is 0 Å². The van der Waals surface area contributed by atoms with Crippen LogP contribution in [-0.4, -0.2) is 90.5 Å². The minimum atomic E-state index is 1.04. The summed E-state index contributed by atoms with van der Waals surface area (Å²) in [7, 11) is 13.7. The highest BCUT2D eigenvalue weighted by atomic mass is 15.3. The molecular weight excluding hydrogens is 320 g/mol. The van der Waals surface area contributed by atoms with Crippen LogP contribution in [0.2, 0.25) is 0 Å². The lowest BCUT2D eigenvalue weighted by Gasteiger charge is -2.30. The molecule has 0 saturated carbocycles. The van der Waals surface area contributed by atoms with E-state index in [0.717, 1.165) is 35.1 Å². The fourth-order valence-electron chi connectivity index (χ4n) is 3.30. The van der Waals surface area contributed by atoms with Crippen LogP contribution in [0, 0.1) is 0 Å². The maximum Gasteiger partial charge on any atom is 0.0797 e. The van der Waals surface area contributed by atoms with Crippen LogP contribution in [-0.2, 0) is 0 Å². The first-order valence-electron chi connectivity index (χ1n) is 10.3. The second kappa shape index (κ2) is 10.2. The molecule has 4 nitrogen and oxygen atoms in total. The Kier molecular flexibility index (Phi) is 8.91. The average molecular weight is 365 g/mol. The van der Waals surface area contributed by atoms with Gasteiger partial charge in [0.25, 0.3) is 0 Å². The van der Waals surface area contributed by atoms with Gasteiger partial charge in [0.15, 0.2) is 0 Å². The molecule has 0 aliphatic heterocycles. The molecule has 150 valence electrons. The largest absolute Gasteiger partial charge is 0.372 e. The molecule has 26 heavy (non-hydrogen) atoms. The van der Waals surface area contributed by atoms with Crippen molar-refractivity contribution in [1.82, 2.24) is 0 Å². The third kappa shape index (κ3) is 8.91. The molecule has 0 heterocycles. The summed E-state index contributed by atoms with van der Waals surface area (Å²) in [6.45, 7) is 11.3. The van der Waals surface area contributed by atoms with Crippen LogP contribution >= 0.6 is 0 Å². The van der Waals surface area contributed by atoms with Crippen LogP contribution in [0.25, 0.3) is 0 Å². The number of hydrogen-bond donors (Lipinski definition) is 0. The highest BCUT2D eigenvalue weighted by molar-refractivity contribution is 5.56. The van der Waals surface area contributed by atoms with E-state index in [1.54, 1.807) is 0 Å². The maximum absolute atomic E-state index is 2.58. The van der Waals surface area contributed by atoms with Crippen molar-refractivity contribution in [2.24, 2.45) is 0 Å². The van der Waals surface area contributed by atoms with E-state index < -0.39 is 0 Å². The Morgan fingerprint density at radius 3 is 1.27 bits per heavy atom. The summed E-state index contributed by atoms with van der Waals surface area (Å²) in [5.74, 6) is 0. The predicted molar refractivity (Wildman–Crippen MR) is 117 cm³/mol. The van der Waals surface area contributed by atoms with Crippen LogP contribution in [0.1, 0.15) is 26.7 Å². The first-order chi connectivity index (χ1) is 12.1. The van der Waals surface area contributed by atoms with Crippen molar-refractivity contribution < 1.29 is 8.97 Å². The average Bonchev–Trinajstić information content (AvgIpc) is 2.53. The SMILES string of the molecule is CCN(CC)c1ccc(N(CCC[N+](C)(C)C)CCC[N+](C)(C)C)cc1. The van der Waals surface area contributed by atoms with Crippen molar-refractivity contribution in [2.45, 2.75) is 26.7 Å².